The minimum absolute atomic E-state index is 1.69. The molecule has 1 heterocycles. The number of nitrogens with zero attached hydrogens (tertiary/aromatic N) is 1. The smallest absolute Gasteiger partial charge is 0.0427 e. The molecule has 0 aromatic rings. The molecule has 1 aliphatic rings. The average Bonchev–Trinajstić information content (AvgIpc) is 2.21. The lowest BCUT2D eigenvalue weighted by molar-refractivity contribution is 1.19. The Morgan fingerprint density at radius 1 is 1.22 bits per heavy atom. The van der Waals surface area contributed by atoms with E-state index >= 15 is 0 Å². The van der Waals surface area contributed by atoms with Gasteiger partial charge in [0.1, 0.15) is 0 Å². The molecule has 0 aliphatic carbocycles. The number of nitrogens with two attached hydrogens (primary N) is 2. The first-order valence-electron chi connectivity index (χ1n) is 2.43. The van der Waals surface area contributed by atoms with E-state index in [9.17, 15) is 0 Å². The van der Waals surface area contributed by atoms with E-state index in [-0.39, 0.29) is 0 Å². The number of rotatable bonds is 0. The largest absolute Gasteiger partial charge is 0.366 e. The van der Waals surface area contributed by atoms with Crippen LogP contribution in [0.3, 0.4) is 0 Å². The third kappa shape index (κ3) is 4.73. The zero-order valence-corrected chi connectivity index (χ0v) is 4.99. The van der Waals surface area contributed by atoms with Gasteiger partial charge in [-0.2, -0.15) is 0 Å². The van der Waals surface area contributed by atoms with Crippen LogP contribution in [0.15, 0.2) is 29.7 Å². The fraction of sp³-hybridized carbons (Fsp3) is 0. The lowest BCUT2D eigenvalue weighted by atomic mass is 10.7. The highest BCUT2D eigenvalue weighted by molar-refractivity contribution is 5.71. The van der Waals surface area contributed by atoms with E-state index in [1.807, 2.05) is 12.3 Å². The summed E-state index contributed by atoms with van der Waals surface area (Å²) in [7, 11) is 0. The second-order valence-corrected chi connectivity index (χ2v) is 1.14. The maximum absolute atomic E-state index is 4.00. The Bertz CT molecular complexity index is 111. The normalized spacial score (nSPS) is 13.1. The lowest BCUT2D eigenvalue weighted by Gasteiger charge is -1.78. The van der Waals surface area contributed by atoms with Crippen molar-refractivity contribution in [1.82, 2.24) is 5.32 Å². The number of hydrogen-bond donors (Lipinski definition) is 3. The van der Waals surface area contributed by atoms with Gasteiger partial charge in [-0.15, -0.1) is 0 Å². The molecule has 5 N–H and O–H groups in total. The van der Waals surface area contributed by atoms with Crippen molar-refractivity contribution in [2.24, 2.45) is 16.7 Å². The molecular weight excluding hydrogens is 116 g/mol. The summed E-state index contributed by atoms with van der Waals surface area (Å²) >= 11 is 0. The number of hydrazine groups is 1. The van der Waals surface area contributed by atoms with Crippen molar-refractivity contribution < 1.29 is 0 Å². The second-order valence-electron chi connectivity index (χ2n) is 1.14. The molecule has 0 aromatic carbocycles. The number of nitrogens with one attached hydrogen (secondary N) is 1. The Hall–Kier alpha value is -1.13. The van der Waals surface area contributed by atoms with Crippen LogP contribution < -0.4 is 17.0 Å². The summed E-state index contributed by atoms with van der Waals surface area (Å²) in [6.07, 6.45) is 8.82. The molecule has 0 saturated heterocycles. The van der Waals surface area contributed by atoms with E-state index in [0.717, 1.165) is 0 Å². The average molecular weight is 126 g/mol. The summed E-state index contributed by atoms with van der Waals surface area (Å²) in [5, 5.41) is 2.86. The van der Waals surface area contributed by atoms with Crippen molar-refractivity contribution in [3.8, 4) is 0 Å². The fourth-order valence-electron chi connectivity index (χ4n) is 0.340. The summed E-state index contributed by atoms with van der Waals surface area (Å²) in [5.74, 6) is 8.00. The molecule has 0 radical (unpaired) electrons. The minimum Gasteiger partial charge on any atom is -0.366 e. The topological polar surface area (TPSA) is 76.4 Å². The zero-order chi connectivity index (χ0) is 6.95. The van der Waals surface area contributed by atoms with Crippen LogP contribution in [-0.4, -0.2) is 6.21 Å². The molecule has 50 valence electrons. The van der Waals surface area contributed by atoms with Crippen molar-refractivity contribution in [3.05, 3.63) is 24.7 Å². The van der Waals surface area contributed by atoms with Gasteiger partial charge in [-0.05, 0) is 6.08 Å². The molecule has 0 aromatic heterocycles. The monoisotopic (exact) mass is 126 g/mol. The van der Waals surface area contributed by atoms with Crippen LogP contribution in [0.25, 0.3) is 0 Å². The van der Waals surface area contributed by atoms with Crippen molar-refractivity contribution in [1.29, 1.82) is 0 Å². The summed E-state index contributed by atoms with van der Waals surface area (Å²) in [6.45, 7) is 0. The van der Waals surface area contributed by atoms with E-state index in [1.54, 1.807) is 18.6 Å². The van der Waals surface area contributed by atoms with Gasteiger partial charge in [0.2, 0.25) is 0 Å². The molecule has 0 spiro atoms. The quantitative estimate of drug-likeness (QED) is 0.301. The van der Waals surface area contributed by atoms with Crippen LogP contribution in [0.4, 0.5) is 0 Å². The van der Waals surface area contributed by atoms with Gasteiger partial charge in [0.25, 0.3) is 0 Å². The van der Waals surface area contributed by atoms with Crippen molar-refractivity contribution in [3.63, 3.8) is 0 Å². The fourth-order valence-corrected chi connectivity index (χ4v) is 0.340. The number of aliphatic imine (C=N–C) groups is 1. The van der Waals surface area contributed by atoms with Crippen LogP contribution in [0.5, 0.6) is 0 Å². The molecule has 0 fully saturated rings. The van der Waals surface area contributed by atoms with Gasteiger partial charge >= 0.3 is 0 Å². The van der Waals surface area contributed by atoms with Gasteiger partial charge < -0.3 is 5.32 Å². The van der Waals surface area contributed by atoms with Crippen molar-refractivity contribution in [2.75, 3.05) is 0 Å². The van der Waals surface area contributed by atoms with Gasteiger partial charge in [-0.3, -0.25) is 16.7 Å². The highest BCUT2D eigenvalue weighted by Gasteiger charge is 1.68. The number of allylic oxidation sites excluding steroid dienone is 1. The molecule has 4 nitrogen and oxygen atoms in total. The van der Waals surface area contributed by atoms with Gasteiger partial charge in [0, 0.05) is 24.8 Å². The molecule has 0 saturated carbocycles. The predicted molar refractivity (Wildman–Crippen MR) is 38.3 cm³/mol. The van der Waals surface area contributed by atoms with Crippen molar-refractivity contribution >= 4 is 6.21 Å². The summed E-state index contributed by atoms with van der Waals surface area (Å²) < 4.78 is 0. The highest BCUT2D eigenvalue weighted by atomic mass is 15.0. The van der Waals surface area contributed by atoms with Crippen LogP contribution in [-0.2, 0) is 0 Å². The van der Waals surface area contributed by atoms with Crippen LogP contribution in [0.1, 0.15) is 0 Å². The first kappa shape index (κ1) is 7.87. The van der Waals surface area contributed by atoms with Crippen LogP contribution >= 0.6 is 0 Å². The molecule has 0 unspecified atom stereocenters. The van der Waals surface area contributed by atoms with Gasteiger partial charge in [-0.25, -0.2) is 0 Å². The zero-order valence-electron chi connectivity index (χ0n) is 4.99. The van der Waals surface area contributed by atoms with Gasteiger partial charge in [-0.1, -0.05) is 0 Å². The van der Waals surface area contributed by atoms with Gasteiger partial charge in [0.15, 0.2) is 0 Å². The van der Waals surface area contributed by atoms with E-state index in [4.69, 9.17) is 0 Å². The summed E-state index contributed by atoms with van der Waals surface area (Å²) in [4.78, 5) is 3.82. The Kier molecular flexibility index (Phi) is 6.01. The second kappa shape index (κ2) is 6.87. The van der Waals surface area contributed by atoms with E-state index < -0.39 is 0 Å². The van der Waals surface area contributed by atoms with Crippen LogP contribution in [0, 0.1) is 0 Å². The summed E-state index contributed by atoms with van der Waals surface area (Å²) in [5.41, 5.74) is 0. The lowest BCUT2D eigenvalue weighted by Crippen LogP contribution is -2.02. The van der Waals surface area contributed by atoms with E-state index in [0.29, 0.717) is 0 Å². The van der Waals surface area contributed by atoms with Crippen molar-refractivity contribution in [2.45, 2.75) is 0 Å². The standard InChI is InChI=1S/C5H6N2.H4N2/c1-2-6-4-5-7-3-1;1-2/h1-6H;1-2H2. The molecule has 0 atom stereocenters. The first-order chi connectivity index (χ1) is 4.50. The minimum atomic E-state index is 1.69. The van der Waals surface area contributed by atoms with E-state index in [1.165, 1.54) is 0 Å². The van der Waals surface area contributed by atoms with Gasteiger partial charge in [0.05, 0.1) is 0 Å². The SMILES string of the molecule is C1=CNC=CN=C1.NN. The molecule has 0 bridgehead atoms. The predicted octanol–water partition coefficient (Wildman–Crippen LogP) is -0.536. The molecule has 0 amide bonds. The third-order valence-electron chi connectivity index (χ3n) is 0.621. The Morgan fingerprint density at radius 3 is 2.78 bits per heavy atom. The molecule has 9 heavy (non-hydrogen) atoms. The maximum Gasteiger partial charge on any atom is 0.0427 e. The van der Waals surface area contributed by atoms with Crippen LogP contribution in [0.2, 0.25) is 0 Å². The molecule has 4 heteroatoms. The Morgan fingerprint density at radius 2 is 2.00 bits per heavy atom. The Balaban J connectivity index is 0.000000291. The maximum atomic E-state index is 4.00. The van der Waals surface area contributed by atoms with E-state index in [2.05, 4.69) is 22.0 Å². The highest BCUT2D eigenvalue weighted by Crippen LogP contribution is 1.75. The molecule has 1 rings (SSSR count). The Labute approximate surface area is 53.9 Å². The number of hydrogen-bond acceptors (Lipinski definition) is 4. The molecular formula is C5H10N4. The molecule has 1 aliphatic heterocycles. The first-order valence-corrected chi connectivity index (χ1v) is 2.43. The third-order valence-corrected chi connectivity index (χ3v) is 0.621. The summed E-state index contributed by atoms with van der Waals surface area (Å²) in [6, 6.07) is 0.